The Morgan fingerprint density at radius 2 is 2.12 bits per heavy atom. The van der Waals surface area contributed by atoms with Gasteiger partial charge in [-0.1, -0.05) is 35.9 Å². The number of halogens is 1. The van der Waals surface area contributed by atoms with Crippen LogP contribution in [0, 0.1) is 0 Å². The first-order chi connectivity index (χ1) is 7.75. The lowest BCUT2D eigenvalue weighted by Crippen LogP contribution is -2.37. The Hall–Kier alpha value is -0.790. The van der Waals surface area contributed by atoms with Crippen LogP contribution in [0.1, 0.15) is 24.3 Å². The van der Waals surface area contributed by atoms with Crippen molar-refractivity contribution in [2.24, 2.45) is 0 Å². The molecule has 0 saturated carbocycles. The molecular weight excluding hydrogens is 218 g/mol. The first kappa shape index (κ1) is 10.4. The molecule has 3 rings (SSSR count). The lowest BCUT2D eigenvalue weighted by Gasteiger charge is -2.33. The molecule has 2 aliphatic heterocycles. The molecule has 0 spiro atoms. The second kappa shape index (κ2) is 3.90. The van der Waals surface area contributed by atoms with Crippen molar-refractivity contribution in [2.75, 3.05) is 7.05 Å². The van der Waals surface area contributed by atoms with Gasteiger partial charge in [0.25, 0.3) is 0 Å². The number of benzene rings is 1. The monoisotopic (exact) mass is 233 g/mol. The van der Waals surface area contributed by atoms with E-state index >= 15 is 0 Å². The zero-order valence-electron chi connectivity index (χ0n) is 9.44. The van der Waals surface area contributed by atoms with Crippen molar-refractivity contribution in [1.29, 1.82) is 0 Å². The van der Waals surface area contributed by atoms with Gasteiger partial charge in [-0.2, -0.15) is 0 Å². The van der Waals surface area contributed by atoms with E-state index in [4.69, 9.17) is 11.6 Å². The molecule has 2 bridgehead atoms. The van der Waals surface area contributed by atoms with Crippen molar-refractivity contribution in [3.05, 3.63) is 47.0 Å². The van der Waals surface area contributed by atoms with Crippen molar-refractivity contribution in [1.82, 2.24) is 4.90 Å². The Kier molecular flexibility index (Phi) is 2.53. The number of nitrogens with zero attached hydrogens (tertiary/aromatic N) is 1. The summed E-state index contributed by atoms with van der Waals surface area (Å²) < 4.78 is 0. The van der Waals surface area contributed by atoms with Crippen LogP contribution in [0.15, 0.2) is 36.4 Å². The van der Waals surface area contributed by atoms with E-state index in [0.717, 1.165) is 5.02 Å². The Morgan fingerprint density at radius 3 is 2.94 bits per heavy atom. The summed E-state index contributed by atoms with van der Waals surface area (Å²) in [6.45, 7) is 0. The van der Waals surface area contributed by atoms with Crippen molar-refractivity contribution in [3.63, 3.8) is 0 Å². The maximum atomic E-state index is 6.06. The van der Waals surface area contributed by atoms with Gasteiger partial charge in [0.1, 0.15) is 0 Å². The van der Waals surface area contributed by atoms with Crippen LogP contribution in [-0.2, 0) is 0 Å². The van der Waals surface area contributed by atoms with E-state index in [9.17, 15) is 0 Å². The molecule has 3 unspecified atom stereocenters. The molecule has 84 valence electrons. The van der Waals surface area contributed by atoms with Gasteiger partial charge in [-0.05, 0) is 37.6 Å². The summed E-state index contributed by atoms with van der Waals surface area (Å²) in [4.78, 5) is 2.51. The third-order valence-corrected chi connectivity index (χ3v) is 4.23. The van der Waals surface area contributed by atoms with Gasteiger partial charge in [0.2, 0.25) is 0 Å². The van der Waals surface area contributed by atoms with Gasteiger partial charge < -0.3 is 0 Å². The number of fused-ring (bicyclic) bond motifs is 2. The Bertz CT molecular complexity index is 426. The predicted molar refractivity (Wildman–Crippen MR) is 67.9 cm³/mol. The first-order valence-electron chi connectivity index (χ1n) is 5.91. The molecule has 2 heteroatoms. The van der Waals surface area contributed by atoms with E-state index in [0.29, 0.717) is 18.0 Å². The van der Waals surface area contributed by atoms with E-state index in [1.54, 1.807) is 0 Å². The average molecular weight is 234 g/mol. The van der Waals surface area contributed by atoms with Gasteiger partial charge in [0.15, 0.2) is 0 Å². The molecule has 2 heterocycles. The van der Waals surface area contributed by atoms with Crippen LogP contribution in [0.25, 0.3) is 0 Å². The third-order valence-electron chi connectivity index (χ3n) is 3.99. The van der Waals surface area contributed by atoms with Crippen LogP contribution < -0.4 is 0 Å². The summed E-state index contributed by atoms with van der Waals surface area (Å²) >= 11 is 6.06. The first-order valence-corrected chi connectivity index (χ1v) is 6.29. The normalized spacial score (nSPS) is 33.2. The van der Waals surface area contributed by atoms with Crippen LogP contribution >= 0.6 is 11.6 Å². The summed E-state index contributed by atoms with van der Waals surface area (Å²) in [7, 11) is 2.24. The van der Waals surface area contributed by atoms with Crippen LogP contribution in [0.3, 0.4) is 0 Å². The van der Waals surface area contributed by atoms with Crippen LogP contribution in [0.5, 0.6) is 0 Å². The van der Waals surface area contributed by atoms with Crippen molar-refractivity contribution in [3.8, 4) is 0 Å². The van der Waals surface area contributed by atoms with E-state index < -0.39 is 0 Å². The van der Waals surface area contributed by atoms with Crippen LogP contribution in [-0.4, -0.2) is 24.0 Å². The smallest absolute Gasteiger partial charge is 0.0408 e. The molecule has 0 radical (unpaired) electrons. The Balaban J connectivity index is 1.96. The molecule has 2 aliphatic rings. The number of hydrogen-bond donors (Lipinski definition) is 0. The van der Waals surface area contributed by atoms with Crippen molar-refractivity contribution < 1.29 is 0 Å². The quantitative estimate of drug-likeness (QED) is 0.672. The van der Waals surface area contributed by atoms with Crippen LogP contribution in [0.2, 0.25) is 5.02 Å². The molecule has 1 fully saturated rings. The molecule has 16 heavy (non-hydrogen) atoms. The average Bonchev–Trinajstić information content (AvgIpc) is 2.52. The fraction of sp³-hybridized carbons (Fsp3) is 0.429. The number of rotatable bonds is 1. The summed E-state index contributed by atoms with van der Waals surface area (Å²) in [6, 6.07) is 9.61. The molecule has 3 atom stereocenters. The molecule has 0 amide bonds. The van der Waals surface area contributed by atoms with Gasteiger partial charge in [-0.3, -0.25) is 4.90 Å². The largest absolute Gasteiger partial charge is 0.296 e. The second-order valence-corrected chi connectivity index (χ2v) is 5.28. The summed E-state index contributed by atoms with van der Waals surface area (Å²) in [5.74, 6) is 0.516. The highest BCUT2D eigenvalue weighted by Crippen LogP contribution is 2.39. The highest BCUT2D eigenvalue weighted by Gasteiger charge is 2.37. The number of likely N-dealkylation sites (N-methyl/N-ethyl adjacent to an activating group) is 1. The van der Waals surface area contributed by atoms with Crippen molar-refractivity contribution >= 4 is 11.6 Å². The predicted octanol–water partition coefficient (Wildman–Crippen LogP) is 3.46. The van der Waals surface area contributed by atoms with E-state index in [1.165, 1.54) is 18.4 Å². The number of hydrogen-bond acceptors (Lipinski definition) is 1. The second-order valence-electron chi connectivity index (χ2n) is 4.84. The fourth-order valence-electron chi connectivity index (χ4n) is 3.08. The molecule has 1 aromatic carbocycles. The highest BCUT2D eigenvalue weighted by atomic mass is 35.5. The molecular formula is C14H16ClN. The SMILES string of the molecule is CN1C2C=CC(c3cccc(Cl)c3)C1CC2. The highest BCUT2D eigenvalue weighted by molar-refractivity contribution is 6.30. The minimum Gasteiger partial charge on any atom is -0.296 e. The summed E-state index contributed by atoms with van der Waals surface area (Å²) in [6.07, 6.45) is 7.32. The van der Waals surface area contributed by atoms with Gasteiger partial charge >= 0.3 is 0 Å². The Morgan fingerprint density at radius 1 is 1.25 bits per heavy atom. The van der Waals surface area contributed by atoms with E-state index in [1.807, 2.05) is 12.1 Å². The summed E-state index contributed by atoms with van der Waals surface area (Å²) in [5.41, 5.74) is 1.35. The minimum atomic E-state index is 0.516. The zero-order chi connectivity index (χ0) is 11.1. The molecule has 1 nitrogen and oxygen atoms in total. The molecule has 0 aromatic heterocycles. The van der Waals surface area contributed by atoms with E-state index in [-0.39, 0.29) is 0 Å². The molecule has 0 N–H and O–H groups in total. The van der Waals surface area contributed by atoms with Crippen molar-refractivity contribution in [2.45, 2.75) is 30.8 Å². The van der Waals surface area contributed by atoms with E-state index in [2.05, 4.69) is 36.2 Å². The van der Waals surface area contributed by atoms with Gasteiger partial charge in [-0.25, -0.2) is 0 Å². The maximum Gasteiger partial charge on any atom is 0.0408 e. The molecule has 1 aromatic rings. The maximum absolute atomic E-state index is 6.06. The zero-order valence-corrected chi connectivity index (χ0v) is 10.2. The third kappa shape index (κ3) is 1.59. The topological polar surface area (TPSA) is 3.24 Å². The summed E-state index contributed by atoms with van der Waals surface area (Å²) in [5, 5.41) is 0.841. The fourth-order valence-corrected chi connectivity index (χ4v) is 3.28. The minimum absolute atomic E-state index is 0.516. The Labute approximate surface area is 102 Å². The van der Waals surface area contributed by atoms with Gasteiger partial charge in [0.05, 0.1) is 0 Å². The lowest BCUT2D eigenvalue weighted by molar-refractivity contribution is 0.241. The molecule has 1 saturated heterocycles. The standard InChI is InChI=1S/C14H16ClN/c1-16-12-5-7-13(14(16)8-6-12)10-3-2-4-11(15)9-10/h2-5,7,9,12-14H,6,8H2,1H3. The lowest BCUT2D eigenvalue weighted by atomic mass is 9.89. The van der Waals surface area contributed by atoms with Gasteiger partial charge in [0, 0.05) is 23.0 Å². The van der Waals surface area contributed by atoms with Gasteiger partial charge in [-0.15, -0.1) is 0 Å². The van der Waals surface area contributed by atoms with Crippen LogP contribution in [0.4, 0.5) is 0 Å². The molecule has 0 aliphatic carbocycles.